The fraction of sp³-hybridized carbons (Fsp3) is 0.118. The maximum absolute atomic E-state index is 10.4. The van der Waals surface area contributed by atoms with Gasteiger partial charge in [0.05, 0.1) is 12.4 Å². The van der Waals surface area contributed by atoms with Crippen LogP contribution >= 0.6 is 45.2 Å². The third kappa shape index (κ3) is 4.64. The Hall–Kier alpha value is -2.13. The zero-order valence-corrected chi connectivity index (χ0v) is 18.5. The molecule has 0 saturated heterocycles. The van der Waals surface area contributed by atoms with Crippen LogP contribution in [0.5, 0.6) is 0 Å². The summed E-state index contributed by atoms with van der Waals surface area (Å²) in [6, 6.07) is 6.83. The number of aromatic nitrogens is 4. The first-order valence-electron chi connectivity index (χ1n) is 7.89. The highest BCUT2D eigenvalue weighted by atomic mass is 127. The van der Waals surface area contributed by atoms with Crippen molar-refractivity contribution in [3.63, 3.8) is 0 Å². The molecule has 1 atom stereocenters. The van der Waals surface area contributed by atoms with Gasteiger partial charge in [0.1, 0.15) is 31.1 Å². The lowest BCUT2D eigenvalue weighted by Gasteiger charge is -2.06. The molecule has 11 heteroatoms. The van der Waals surface area contributed by atoms with E-state index in [1.807, 2.05) is 15.0 Å². The predicted molar refractivity (Wildman–Crippen MR) is 118 cm³/mol. The molecule has 0 aliphatic heterocycles. The Morgan fingerprint density at radius 3 is 2.25 bits per heavy atom. The van der Waals surface area contributed by atoms with Crippen LogP contribution in [0, 0.1) is 17.5 Å². The number of aliphatic hydroxyl groups is 1. The second-order valence-corrected chi connectivity index (χ2v) is 7.90. The summed E-state index contributed by atoms with van der Waals surface area (Å²) in [5.74, 6) is 0. The molecule has 0 amide bonds. The molecule has 0 bridgehead atoms. The Balaban J connectivity index is 0.000000167. The van der Waals surface area contributed by atoms with Crippen LogP contribution in [0.4, 0.5) is 0 Å². The fourth-order valence-corrected chi connectivity index (χ4v) is 3.55. The summed E-state index contributed by atoms with van der Waals surface area (Å²) in [5.41, 5.74) is 2.64. The van der Waals surface area contributed by atoms with Gasteiger partial charge in [0.25, 0.3) is 0 Å². The molecular formula is C17H13I2N5O4. The molecule has 0 fully saturated rings. The van der Waals surface area contributed by atoms with Gasteiger partial charge in [-0.05, 0) is 75.0 Å². The molecule has 4 heterocycles. The SMILES string of the molecule is O=Cc1ccn2c(I)cnc2c1.O=[N+]([O-])CC(O)c1ccn2c(I)cnc2c1. The highest BCUT2D eigenvalue weighted by molar-refractivity contribution is 14.1. The molecule has 144 valence electrons. The zero-order chi connectivity index (χ0) is 20.3. The molecule has 4 rings (SSSR count). The van der Waals surface area contributed by atoms with E-state index in [4.69, 9.17) is 0 Å². The number of nitro groups is 1. The van der Waals surface area contributed by atoms with E-state index in [0.717, 1.165) is 19.3 Å². The molecule has 28 heavy (non-hydrogen) atoms. The molecule has 4 aromatic rings. The molecule has 0 aliphatic carbocycles. The number of imidazole rings is 2. The van der Waals surface area contributed by atoms with Gasteiger partial charge in [0.15, 0.2) is 0 Å². The first kappa shape index (κ1) is 20.6. The minimum absolute atomic E-state index is 0.492. The molecule has 9 nitrogen and oxygen atoms in total. The lowest BCUT2D eigenvalue weighted by Crippen LogP contribution is -2.12. The number of halogens is 2. The number of carbonyl (C=O) groups excluding carboxylic acids is 1. The van der Waals surface area contributed by atoms with Crippen LogP contribution in [-0.4, -0.2) is 41.6 Å². The summed E-state index contributed by atoms with van der Waals surface area (Å²) >= 11 is 4.32. The Morgan fingerprint density at radius 1 is 1.11 bits per heavy atom. The van der Waals surface area contributed by atoms with E-state index in [1.165, 1.54) is 0 Å². The highest BCUT2D eigenvalue weighted by Gasteiger charge is 2.15. The number of carbonyl (C=O) groups is 1. The Bertz CT molecular complexity index is 1160. The second-order valence-electron chi connectivity index (χ2n) is 5.69. The highest BCUT2D eigenvalue weighted by Crippen LogP contribution is 2.17. The number of aliphatic hydroxyl groups excluding tert-OH is 1. The molecule has 0 radical (unpaired) electrons. The monoisotopic (exact) mass is 605 g/mol. The third-order valence-electron chi connectivity index (χ3n) is 3.83. The van der Waals surface area contributed by atoms with Gasteiger partial charge in [-0.3, -0.25) is 23.7 Å². The molecule has 0 saturated carbocycles. The van der Waals surface area contributed by atoms with E-state index >= 15 is 0 Å². The largest absolute Gasteiger partial charge is 0.382 e. The van der Waals surface area contributed by atoms with Gasteiger partial charge in [-0.1, -0.05) is 0 Å². The van der Waals surface area contributed by atoms with Gasteiger partial charge in [-0.2, -0.15) is 0 Å². The van der Waals surface area contributed by atoms with Crippen molar-refractivity contribution >= 4 is 62.8 Å². The molecular weight excluding hydrogens is 592 g/mol. The fourth-order valence-electron chi connectivity index (χ4n) is 2.46. The van der Waals surface area contributed by atoms with Crippen LogP contribution in [0.3, 0.4) is 0 Å². The molecule has 4 aromatic heterocycles. The molecule has 1 N–H and O–H groups in total. The van der Waals surface area contributed by atoms with Crippen LogP contribution in [0.2, 0.25) is 0 Å². The van der Waals surface area contributed by atoms with E-state index in [9.17, 15) is 20.0 Å². The first-order chi connectivity index (χ1) is 13.4. The molecule has 0 aromatic carbocycles. The lowest BCUT2D eigenvalue weighted by atomic mass is 10.1. The lowest BCUT2D eigenvalue weighted by molar-refractivity contribution is -0.491. The Labute approximate surface area is 185 Å². The van der Waals surface area contributed by atoms with Crippen LogP contribution in [0.1, 0.15) is 22.0 Å². The summed E-state index contributed by atoms with van der Waals surface area (Å²) in [6.07, 6.45) is 6.77. The number of hydrogen-bond acceptors (Lipinski definition) is 6. The standard InChI is InChI=1S/C9H8IN3O3.C8H5IN2O/c10-8-4-11-9-3-6(1-2-12(8)9)7(14)5-13(15)16;9-7-4-10-8-3-6(5-12)1-2-11(7)8/h1-4,7,14H,5H2;1-5H. The maximum Gasteiger partial charge on any atom is 0.233 e. The van der Waals surface area contributed by atoms with E-state index in [2.05, 4.69) is 55.1 Å². The summed E-state index contributed by atoms with van der Waals surface area (Å²) in [6.45, 7) is -0.492. The number of aldehydes is 1. The van der Waals surface area contributed by atoms with E-state index < -0.39 is 17.6 Å². The smallest absolute Gasteiger partial charge is 0.233 e. The van der Waals surface area contributed by atoms with Crippen molar-refractivity contribution in [3.8, 4) is 0 Å². The first-order valence-corrected chi connectivity index (χ1v) is 10.0. The number of nitrogens with zero attached hydrogens (tertiary/aromatic N) is 5. The number of pyridine rings is 2. The topological polar surface area (TPSA) is 115 Å². The number of fused-ring (bicyclic) bond motifs is 2. The minimum atomic E-state index is -1.09. The molecule has 1 unspecified atom stereocenters. The summed E-state index contributed by atoms with van der Waals surface area (Å²) in [4.78, 5) is 28.4. The van der Waals surface area contributed by atoms with Gasteiger partial charge < -0.3 is 5.11 Å². The predicted octanol–water partition coefficient (Wildman–Crippen LogP) is 3.00. The van der Waals surface area contributed by atoms with Crippen molar-refractivity contribution < 1.29 is 14.8 Å². The summed E-state index contributed by atoms with van der Waals surface area (Å²) < 4.78 is 5.75. The van der Waals surface area contributed by atoms with Crippen molar-refractivity contribution in [3.05, 3.63) is 77.7 Å². The van der Waals surface area contributed by atoms with Crippen LogP contribution < -0.4 is 0 Å². The number of rotatable bonds is 4. The van der Waals surface area contributed by atoms with Crippen molar-refractivity contribution in [2.45, 2.75) is 6.10 Å². The minimum Gasteiger partial charge on any atom is -0.382 e. The normalized spacial score (nSPS) is 11.8. The van der Waals surface area contributed by atoms with Crippen molar-refractivity contribution in [1.82, 2.24) is 18.8 Å². The van der Waals surface area contributed by atoms with Crippen molar-refractivity contribution in [1.29, 1.82) is 0 Å². The molecule has 0 aliphatic rings. The quantitative estimate of drug-likeness (QED) is 0.166. The summed E-state index contributed by atoms with van der Waals surface area (Å²) in [5, 5.41) is 19.9. The van der Waals surface area contributed by atoms with E-state index in [0.29, 0.717) is 16.8 Å². The average molecular weight is 605 g/mol. The van der Waals surface area contributed by atoms with Gasteiger partial charge in [-0.15, -0.1) is 0 Å². The van der Waals surface area contributed by atoms with Crippen molar-refractivity contribution in [2.24, 2.45) is 0 Å². The van der Waals surface area contributed by atoms with Gasteiger partial charge in [0.2, 0.25) is 6.54 Å². The third-order valence-corrected chi connectivity index (χ3v) is 5.42. The summed E-state index contributed by atoms with van der Waals surface area (Å²) in [7, 11) is 0. The second kappa shape index (κ2) is 8.91. The van der Waals surface area contributed by atoms with Gasteiger partial charge in [0, 0.05) is 22.9 Å². The Kier molecular flexibility index (Phi) is 6.56. The maximum atomic E-state index is 10.4. The number of hydrogen-bond donors (Lipinski definition) is 1. The Morgan fingerprint density at radius 2 is 1.68 bits per heavy atom. The zero-order valence-electron chi connectivity index (χ0n) is 14.1. The van der Waals surface area contributed by atoms with Gasteiger partial charge >= 0.3 is 0 Å². The van der Waals surface area contributed by atoms with E-state index in [1.54, 1.807) is 42.9 Å². The van der Waals surface area contributed by atoms with Crippen LogP contribution in [-0.2, 0) is 0 Å². The van der Waals surface area contributed by atoms with Crippen molar-refractivity contribution in [2.75, 3.05) is 6.54 Å². The van der Waals surface area contributed by atoms with E-state index in [-0.39, 0.29) is 0 Å². The van der Waals surface area contributed by atoms with Crippen LogP contribution in [0.25, 0.3) is 11.3 Å². The van der Waals surface area contributed by atoms with Crippen LogP contribution in [0.15, 0.2) is 49.1 Å². The van der Waals surface area contributed by atoms with Gasteiger partial charge in [-0.25, -0.2) is 9.97 Å². The average Bonchev–Trinajstić information content (AvgIpc) is 3.24. The molecule has 0 spiro atoms.